The van der Waals surface area contributed by atoms with Gasteiger partial charge in [0.2, 0.25) is 0 Å². The molecule has 1 aromatic rings. The van der Waals surface area contributed by atoms with E-state index in [0.29, 0.717) is 5.92 Å². The number of rotatable bonds is 4. The van der Waals surface area contributed by atoms with Crippen molar-refractivity contribution in [2.75, 3.05) is 13.1 Å². The first-order valence-corrected chi connectivity index (χ1v) is 6.49. The third kappa shape index (κ3) is 3.82. The molecule has 18 heavy (non-hydrogen) atoms. The van der Waals surface area contributed by atoms with Crippen molar-refractivity contribution in [2.45, 2.75) is 32.6 Å². The van der Waals surface area contributed by atoms with E-state index in [9.17, 15) is 0 Å². The molecule has 1 aliphatic rings. The summed E-state index contributed by atoms with van der Waals surface area (Å²) < 4.78 is 0. The third-order valence-electron chi connectivity index (χ3n) is 3.30. The lowest BCUT2D eigenvalue weighted by molar-refractivity contribution is 0.726. The average molecular weight is 248 g/mol. The summed E-state index contributed by atoms with van der Waals surface area (Å²) in [6.45, 7) is 6.47. The number of nitrogens with two attached hydrogens (primary N) is 2. The fourth-order valence-corrected chi connectivity index (χ4v) is 2.14. The van der Waals surface area contributed by atoms with Gasteiger partial charge >= 0.3 is 0 Å². The van der Waals surface area contributed by atoms with Crippen molar-refractivity contribution < 1.29 is 0 Å². The number of nitrogens with zero attached hydrogens (tertiary/aromatic N) is 1. The maximum Gasteiger partial charge on any atom is 0.101 e. The molecule has 0 fully saturated rings. The van der Waals surface area contributed by atoms with Crippen molar-refractivity contribution in [3.63, 3.8) is 0 Å². The molecule has 0 radical (unpaired) electrons. The number of hydrogen-bond acceptors (Lipinski definition) is 4. The molecule has 0 saturated carbocycles. The second-order valence-electron chi connectivity index (χ2n) is 4.44. The predicted octanol–water partition coefficient (Wildman–Crippen LogP) is 1.56. The van der Waals surface area contributed by atoms with Crippen molar-refractivity contribution in [3.05, 3.63) is 35.4 Å². The molecule has 2 rings (SSSR count). The molecule has 1 unspecified atom stereocenters. The van der Waals surface area contributed by atoms with E-state index in [1.54, 1.807) is 0 Å². The number of benzene rings is 1. The van der Waals surface area contributed by atoms with E-state index < -0.39 is 0 Å². The van der Waals surface area contributed by atoms with E-state index in [-0.39, 0.29) is 0 Å². The fraction of sp³-hybridized carbons (Fsp3) is 0.500. The molecule has 1 heterocycles. The van der Waals surface area contributed by atoms with E-state index in [0.717, 1.165) is 25.3 Å². The Morgan fingerprint density at radius 1 is 1.33 bits per heavy atom. The van der Waals surface area contributed by atoms with Gasteiger partial charge in [-0.3, -0.25) is 16.7 Å². The molecule has 4 heteroatoms. The summed E-state index contributed by atoms with van der Waals surface area (Å²) in [5.41, 5.74) is 2.89. The molecule has 0 amide bonds. The number of hydrazine groups is 1. The van der Waals surface area contributed by atoms with Crippen LogP contribution in [-0.2, 0) is 6.42 Å². The van der Waals surface area contributed by atoms with Gasteiger partial charge < -0.3 is 5.32 Å². The normalized spacial score (nSPS) is 15.2. The zero-order chi connectivity index (χ0) is 13.4. The summed E-state index contributed by atoms with van der Waals surface area (Å²) in [4.78, 5) is 4.46. The lowest BCUT2D eigenvalue weighted by Gasteiger charge is -2.14. The van der Waals surface area contributed by atoms with E-state index in [4.69, 9.17) is 0 Å². The molecule has 1 aromatic carbocycles. The van der Waals surface area contributed by atoms with E-state index in [1.807, 2.05) is 0 Å². The first-order valence-electron chi connectivity index (χ1n) is 6.49. The van der Waals surface area contributed by atoms with E-state index >= 15 is 0 Å². The highest BCUT2D eigenvalue weighted by molar-refractivity contribution is 5.86. The molecule has 1 atom stereocenters. The molecule has 0 spiro atoms. The van der Waals surface area contributed by atoms with Crippen LogP contribution in [0.15, 0.2) is 29.3 Å². The van der Waals surface area contributed by atoms with E-state index in [1.165, 1.54) is 17.5 Å². The smallest absolute Gasteiger partial charge is 0.101 e. The minimum atomic E-state index is 0.637. The fourth-order valence-electron chi connectivity index (χ4n) is 2.14. The van der Waals surface area contributed by atoms with E-state index in [2.05, 4.69) is 60.1 Å². The van der Waals surface area contributed by atoms with Crippen molar-refractivity contribution in [3.8, 4) is 0 Å². The SMILES string of the molecule is CCC(C)c1ccccc1CC1=NCCN1.NN. The zero-order valence-electron chi connectivity index (χ0n) is 11.3. The summed E-state index contributed by atoms with van der Waals surface area (Å²) in [5.74, 6) is 9.79. The van der Waals surface area contributed by atoms with Crippen LogP contribution in [0.25, 0.3) is 0 Å². The number of aliphatic imine (C=N–C) groups is 1. The van der Waals surface area contributed by atoms with Crippen LogP contribution >= 0.6 is 0 Å². The van der Waals surface area contributed by atoms with Crippen molar-refractivity contribution in [1.29, 1.82) is 0 Å². The van der Waals surface area contributed by atoms with Gasteiger partial charge in [0.05, 0.1) is 6.54 Å². The third-order valence-corrected chi connectivity index (χ3v) is 3.30. The van der Waals surface area contributed by atoms with Crippen molar-refractivity contribution in [2.24, 2.45) is 16.7 Å². The topological polar surface area (TPSA) is 76.4 Å². The zero-order valence-corrected chi connectivity index (χ0v) is 11.3. The molecule has 0 aromatic heterocycles. The van der Waals surface area contributed by atoms with Gasteiger partial charge in [-0.15, -0.1) is 0 Å². The first kappa shape index (κ1) is 14.7. The minimum Gasteiger partial charge on any atom is -0.372 e. The second-order valence-corrected chi connectivity index (χ2v) is 4.44. The van der Waals surface area contributed by atoms with Crippen LogP contribution < -0.4 is 17.0 Å². The van der Waals surface area contributed by atoms with Gasteiger partial charge in [-0.1, -0.05) is 38.1 Å². The number of hydrogen-bond donors (Lipinski definition) is 3. The highest BCUT2D eigenvalue weighted by Gasteiger charge is 2.12. The highest BCUT2D eigenvalue weighted by Crippen LogP contribution is 2.23. The Bertz CT molecular complexity index is 387. The van der Waals surface area contributed by atoms with Gasteiger partial charge in [0.1, 0.15) is 5.84 Å². The molecule has 1 aliphatic heterocycles. The van der Waals surface area contributed by atoms with Gasteiger partial charge in [0, 0.05) is 13.0 Å². The van der Waals surface area contributed by atoms with Crippen molar-refractivity contribution >= 4 is 5.84 Å². The van der Waals surface area contributed by atoms with Crippen LogP contribution in [0.4, 0.5) is 0 Å². The Balaban J connectivity index is 0.000000771. The maximum absolute atomic E-state index is 4.46. The minimum absolute atomic E-state index is 0.637. The average Bonchev–Trinajstić information content (AvgIpc) is 2.94. The lowest BCUT2D eigenvalue weighted by atomic mass is 9.92. The Hall–Kier alpha value is -1.39. The molecule has 5 N–H and O–H groups in total. The Kier molecular flexibility index (Phi) is 6.39. The van der Waals surface area contributed by atoms with Gasteiger partial charge in [-0.05, 0) is 23.5 Å². The van der Waals surface area contributed by atoms with Crippen LogP contribution in [0, 0.1) is 0 Å². The Labute approximate surface area is 109 Å². The van der Waals surface area contributed by atoms with Crippen LogP contribution in [-0.4, -0.2) is 18.9 Å². The summed E-state index contributed by atoms with van der Waals surface area (Å²) in [7, 11) is 0. The van der Waals surface area contributed by atoms with Crippen LogP contribution in [0.1, 0.15) is 37.3 Å². The lowest BCUT2D eigenvalue weighted by Crippen LogP contribution is -2.21. The molecule has 0 saturated heterocycles. The van der Waals surface area contributed by atoms with Gasteiger partial charge in [0.15, 0.2) is 0 Å². The van der Waals surface area contributed by atoms with Gasteiger partial charge in [-0.25, -0.2) is 0 Å². The summed E-state index contributed by atoms with van der Waals surface area (Å²) in [6.07, 6.45) is 2.15. The maximum atomic E-state index is 4.46. The molecular weight excluding hydrogens is 224 g/mol. The summed E-state index contributed by atoms with van der Waals surface area (Å²) in [5, 5.41) is 3.34. The Morgan fingerprint density at radius 2 is 2.06 bits per heavy atom. The quantitative estimate of drug-likeness (QED) is 0.559. The molecule has 100 valence electrons. The number of nitrogens with one attached hydrogen (secondary N) is 1. The molecular formula is C14H24N4. The number of amidine groups is 1. The van der Waals surface area contributed by atoms with Crippen LogP contribution in [0.3, 0.4) is 0 Å². The largest absolute Gasteiger partial charge is 0.372 e. The second kappa shape index (κ2) is 7.84. The molecule has 0 aliphatic carbocycles. The highest BCUT2D eigenvalue weighted by atomic mass is 15.1. The van der Waals surface area contributed by atoms with Crippen LogP contribution in [0.5, 0.6) is 0 Å². The first-order chi connectivity index (χ1) is 8.81. The monoisotopic (exact) mass is 248 g/mol. The summed E-state index contributed by atoms with van der Waals surface area (Å²) in [6, 6.07) is 8.73. The summed E-state index contributed by atoms with van der Waals surface area (Å²) >= 11 is 0. The molecule has 4 nitrogen and oxygen atoms in total. The Morgan fingerprint density at radius 3 is 2.67 bits per heavy atom. The van der Waals surface area contributed by atoms with Gasteiger partial charge in [-0.2, -0.15) is 0 Å². The predicted molar refractivity (Wildman–Crippen MR) is 77.5 cm³/mol. The standard InChI is InChI=1S/C14H20N2.H4N2/c1-3-11(2)13-7-5-4-6-12(13)10-14-15-8-9-16-14;1-2/h4-7,11H,3,8-10H2,1-2H3,(H,15,16);1-2H2. The molecule has 0 bridgehead atoms. The van der Waals surface area contributed by atoms with Gasteiger partial charge in [0.25, 0.3) is 0 Å². The van der Waals surface area contributed by atoms with Crippen molar-refractivity contribution in [1.82, 2.24) is 5.32 Å². The van der Waals surface area contributed by atoms with Crippen LogP contribution in [0.2, 0.25) is 0 Å².